The number of amides is 2. The third-order valence-electron chi connectivity index (χ3n) is 3.86. The van der Waals surface area contributed by atoms with E-state index in [0.29, 0.717) is 19.7 Å². The van der Waals surface area contributed by atoms with E-state index in [2.05, 4.69) is 47.1 Å². The summed E-state index contributed by atoms with van der Waals surface area (Å²) in [5.74, 6) is 0. The van der Waals surface area contributed by atoms with Gasteiger partial charge < -0.3 is 25.8 Å². The highest BCUT2D eigenvalue weighted by Crippen LogP contribution is 2.14. The molecule has 1 aromatic rings. The molecular formula is C17H27N3O3. The van der Waals surface area contributed by atoms with Crippen LogP contribution < -0.4 is 16.0 Å². The Kier molecular flexibility index (Phi) is 6.38. The molecule has 0 spiro atoms. The van der Waals surface area contributed by atoms with Gasteiger partial charge in [0, 0.05) is 19.1 Å². The molecule has 0 saturated carbocycles. The molecule has 2 amide bonds. The molecule has 4 N–H and O–H groups in total. The average Bonchev–Trinajstić information content (AvgIpc) is 2.84. The summed E-state index contributed by atoms with van der Waals surface area (Å²) in [6, 6.07) is 7.98. The van der Waals surface area contributed by atoms with Gasteiger partial charge in [0.1, 0.15) is 6.10 Å². The summed E-state index contributed by atoms with van der Waals surface area (Å²) in [6.45, 7) is 7.25. The second kappa shape index (κ2) is 8.29. The SMILES string of the molecule is Cc1ccc(CNC2COC(CNC(=O)NC(C)C)C2O)cc1. The summed E-state index contributed by atoms with van der Waals surface area (Å²) in [6.07, 6.45) is -1.02. The fourth-order valence-electron chi connectivity index (χ4n) is 2.50. The molecule has 1 fully saturated rings. The van der Waals surface area contributed by atoms with Gasteiger partial charge in [-0.15, -0.1) is 0 Å². The van der Waals surface area contributed by atoms with Gasteiger partial charge in [-0.3, -0.25) is 0 Å². The van der Waals surface area contributed by atoms with Gasteiger partial charge in [0.2, 0.25) is 0 Å². The Morgan fingerprint density at radius 2 is 2.04 bits per heavy atom. The molecule has 6 heteroatoms. The van der Waals surface area contributed by atoms with Crippen molar-refractivity contribution in [2.24, 2.45) is 0 Å². The molecule has 1 saturated heterocycles. The summed E-state index contributed by atoms with van der Waals surface area (Å²) in [7, 11) is 0. The lowest BCUT2D eigenvalue weighted by molar-refractivity contribution is 0.0425. The monoisotopic (exact) mass is 321 g/mol. The number of nitrogens with one attached hydrogen (secondary N) is 3. The maximum atomic E-state index is 11.6. The summed E-state index contributed by atoms with van der Waals surface area (Å²) in [4.78, 5) is 11.6. The van der Waals surface area contributed by atoms with Crippen molar-refractivity contribution in [3.05, 3.63) is 35.4 Å². The number of aliphatic hydroxyl groups is 1. The summed E-state index contributed by atoms with van der Waals surface area (Å²) < 4.78 is 5.59. The number of hydrogen-bond acceptors (Lipinski definition) is 4. The van der Waals surface area contributed by atoms with E-state index in [4.69, 9.17) is 4.74 Å². The Morgan fingerprint density at radius 1 is 1.35 bits per heavy atom. The molecular weight excluding hydrogens is 294 g/mol. The van der Waals surface area contributed by atoms with E-state index in [1.165, 1.54) is 11.1 Å². The number of aryl methyl sites for hydroxylation is 1. The third kappa shape index (κ3) is 5.49. The smallest absolute Gasteiger partial charge is 0.315 e. The second-order valence-electron chi connectivity index (χ2n) is 6.34. The van der Waals surface area contributed by atoms with E-state index in [1.54, 1.807) is 0 Å². The van der Waals surface area contributed by atoms with Crippen molar-refractivity contribution < 1.29 is 14.6 Å². The zero-order chi connectivity index (χ0) is 16.8. The van der Waals surface area contributed by atoms with Gasteiger partial charge in [0.05, 0.1) is 18.8 Å². The number of ether oxygens (including phenoxy) is 1. The average molecular weight is 321 g/mol. The number of carbonyl (C=O) groups excluding carboxylic acids is 1. The molecule has 128 valence electrons. The van der Waals surface area contributed by atoms with Crippen molar-refractivity contribution in [1.82, 2.24) is 16.0 Å². The fourth-order valence-corrected chi connectivity index (χ4v) is 2.50. The predicted molar refractivity (Wildman–Crippen MR) is 89.2 cm³/mol. The number of rotatable bonds is 6. The van der Waals surface area contributed by atoms with Gasteiger partial charge in [-0.2, -0.15) is 0 Å². The molecule has 1 heterocycles. The van der Waals surface area contributed by atoms with Crippen LogP contribution in [-0.2, 0) is 11.3 Å². The standard InChI is InChI=1S/C17H27N3O3/c1-11(2)20-17(22)19-9-15-16(21)14(10-23-15)18-8-13-6-4-12(3)5-7-13/h4-7,11,14-16,18,21H,8-10H2,1-3H3,(H2,19,20,22). The van der Waals surface area contributed by atoms with Crippen molar-refractivity contribution >= 4 is 6.03 Å². The summed E-state index contributed by atoms with van der Waals surface area (Å²) in [5, 5.41) is 19.1. The van der Waals surface area contributed by atoms with E-state index < -0.39 is 6.10 Å². The molecule has 1 aliphatic heterocycles. The Balaban J connectivity index is 1.74. The maximum absolute atomic E-state index is 11.6. The van der Waals surface area contributed by atoms with Crippen LogP contribution >= 0.6 is 0 Å². The molecule has 1 aromatic carbocycles. The molecule has 1 aliphatic rings. The number of carbonyl (C=O) groups is 1. The normalized spacial score (nSPS) is 24.0. The van der Waals surface area contributed by atoms with Crippen LogP contribution in [0.1, 0.15) is 25.0 Å². The van der Waals surface area contributed by atoms with E-state index >= 15 is 0 Å². The molecule has 0 aromatic heterocycles. The van der Waals surface area contributed by atoms with Crippen molar-refractivity contribution in [1.29, 1.82) is 0 Å². The minimum atomic E-state index is -0.639. The topological polar surface area (TPSA) is 82.6 Å². The maximum Gasteiger partial charge on any atom is 0.315 e. The van der Waals surface area contributed by atoms with Crippen molar-refractivity contribution in [3.8, 4) is 0 Å². The van der Waals surface area contributed by atoms with Gasteiger partial charge in [-0.25, -0.2) is 4.79 Å². The van der Waals surface area contributed by atoms with Gasteiger partial charge >= 0.3 is 6.03 Å². The molecule has 0 aliphatic carbocycles. The zero-order valence-electron chi connectivity index (χ0n) is 14.0. The third-order valence-corrected chi connectivity index (χ3v) is 3.86. The van der Waals surface area contributed by atoms with E-state index in [-0.39, 0.29) is 24.2 Å². The molecule has 0 radical (unpaired) electrons. The number of benzene rings is 1. The highest BCUT2D eigenvalue weighted by Gasteiger charge is 2.35. The zero-order valence-corrected chi connectivity index (χ0v) is 14.0. The van der Waals surface area contributed by atoms with Crippen LogP contribution in [0.25, 0.3) is 0 Å². The van der Waals surface area contributed by atoms with Crippen LogP contribution in [0.4, 0.5) is 4.79 Å². The van der Waals surface area contributed by atoms with Crippen molar-refractivity contribution in [3.63, 3.8) is 0 Å². The summed E-state index contributed by atoms with van der Waals surface area (Å²) >= 11 is 0. The van der Waals surface area contributed by atoms with Crippen molar-refractivity contribution in [2.45, 2.75) is 51.6 Å². The first kappa shape index (κ1) is 17.7. The van der Waals surface area contributed by atoms with Gasteiger partial charge in [-0.1, -0.05) is 29.8 Å². The number of aliphatic hydroxyl groups excluding tert-OH is 1. The molecule has 0 bridgehead atoms. The first-order valence-corrected chi connectivity index (χ1v) is 8.08. The first-order chi connectivity index (χ1) is 11.0. The van der Waals surface area contributed by atoms with Crippen LogP contribution in [-0.4, -0.2) is 48.6 Å². The van der Waals surface area contributed by atoms with Gasteiger partial charge in [0.25, 0.3) is 0 Å². The molecule has 23 heavy (non-hydrogen) atoms. The highest BCUT2D eigenvalue weighted by molar-refractivity contribution is 5.74. The molecule has 3 unspecified atom stereocenters. The lowest BCUT2D eigenvalue weighted by Crippen LogP contribution is -2.47. The second-order valence-corrected chi connectivity index (χ2v) is 6.34. The van der Waals surface area contributed by atoms with Crippen LogP contribution in [0.3, 0.4) is 0 Å². The highest BCUT2D eigenvalue weighted by atomic mass is 16.5. The van der Waals surface area contributed by atoms with Gasteiger partial charge in [0.15, 0.2) is 0 Å². The molecule has 3 atom stereocenters. The van der Waals surface area contributed by atoms with E-state index in [0.717, 1.165) is 0 Å². The number of urea groups is 1. The lowest BCUT2D eigenvalue weighted by Gasteiger charge is -2.19. The van der Waals surface area contributed by atoms with Crippen molar-refractivity contribution in [2.75, 3.05) is 13.2 Å². The first-order valence-electron chi connectivity index (χ1n) is 8.08. The van der Waals surface area contributed by atoms with Crippen LogP contribution in [0.5, 0.6) is 0 Å². The fraction of sp³-hybridized carbons (Fsp3) is 0.588. The Hall–Kier alpha value is -1.63. The quantitative estimate of drug-likeness (QED) is 0.628. The van der Waals surface area contributed by atoms with Gasteiger partial charge in [-0.05, 0) is 26.3 Å². The van der Waals surface area contributed by atoms with E-state index in [1.807, 2.05) is 13.8 Å². The van der Waals surface area contributed by atoms with Crippen LogP contribution in [0.2, 0.25) is 0 Å². The Morgan fingerprint density at radius 3 is 2.70 bits per heavy atom. The summed E-state index contributed by atoms with van der Waals surface area (Å²) in [5.41, 5.74) is 2.39. The Bertz CT molecular complexity index is 504. The molecule has 6 nitrogen and oxygen atoms in total. The largest absolute Gasteiger partial charge is 0.389 e. The van der Waals surface area contributed by atoms with Crippen LogP contribution in [0, 0.1) is 6.92 Å². The minimum absolute atomic E-state index is 0.0772. The molecule has 2 rings (SSSR count). The minimum Gasteiger partial charge on any atom is -0.389 e. The van der Waals surface area contributed by atoms with E-state index in [9.17, 15) is 9.90 Å². The number of hydrogen-bond donors (Lipinski definition) is 4. The van der Waals surface area contributed by atoms with Crippen LogP contribution in [0.15, 0.2) is 24.3 Å². The lowest BCUT2D eigenvalue weighted by atomic mass is 10.1. The predicted octanol–water partition coefficient (Wildman–Crippen LogP) is 0.921. The Labute approximate surface area is 137 Å².